The number of nitrogens with zero attached hydrogens (tertiary/aromatic N) is 1. The van der Waals surface area contributed by atoms with Gasteiger partial charge >= 0.3 is 12.1 Å². The summed E-state index contributed by atoms with van der Waals surface area (Å²) in [5.74, 6) is -1.25. The van der Waals surface area contributed by atoms with Crippen molar-refractivity contribution in [2.24, 2.45) is 5.41 Å². The number of hydrogen-bond donors (Lipinski definition) is 1. The van der Waals surface area contributed by atoms with Gasteiger partial charge in [-0.1, -0.05) is 30.3 Å². The first kappa shape index (κ1) is 14.3. The maximum Gasteiger partial charge on any atom is 0.410 e. The van der Waals surface area contributed by atoms with Crippen LogP contribution in [0.5, 0.6) is 0 Å². The Balaban J connectivity index is 1.93. The van der Waals surface area contributed by atoms with Gasteiger partial charge in [0.1, 0.15) is 18.2 Å². The summed E-state index contributed by atoms with van der Waals surface area (Å²) in [5.41, 5.74) is -0.746. The van der Waals surface area contributed by atoms with Gasteiger partial charge in [0.05, 0.1) is 6.54 Å². The molecule has 0 bridgehead atoms. The predicted octanol–water partition coefficient (Wildman–Crippen LogP) is 2.07. The van der Waals surface area contributed by atoms with Gasteiger partial charge in [-0.15, -0.1) is 0 Å². The van der Waals surface area contributed by atoms with Crippen LogP contribution in [0.4, 0.5) is 9.18 Å². The normalized spacial score (nSPS) is 25.5. The van der Waals surface area contributed by atoms with Crippen molar-refractivity contribution in [2.45, 2.75) is 19.7 Å². The highest BCUT2D eigenvalue weighted by Crippen LogP contribution is 2.33. The molecule has 1 amide bonds. The fourth-order valence-electron chi connectivity index (χ4n) is 2.11. The van der Waals surface area contributed by atoms with Crippen LogP contribution in [-0.2, 0) is 16.1 Å². The Labute approximate surface area is 116 Å². The van der Waals surface area contributed by atoms with E-state index >= 15 is 0 Å². The van der Waals surface area contributed by atoms with Gasteiger partial charge in [-0.3, -0.25) is 4.79 Å². The number of alkyl halides is 1. The van der Waals surface area contributed by atoms with Crippen molar-refractivity contribution in [3.63, 3.8) is 0 Å². The summed E-state index contributed by atoms with van der Waals surface area (Å²) in [5, 5.41) is 9.03. The third kappa shape index (κ3) is 2.74. The fourth-order valence-corrected chi connectivity index (χ4v) is 2.11. The number of aliphatic carboxylic acids is 1. The van der Waals surface area contributed by atoms with E-state index in [0.717, 1.165) is 10.5 Å². The molecule has 0 aromatic heterocycles. The number of carbonyl (C=O) groups excluding carboxylic acids is 1. The van der Waals surface area contributed by atoms with Gasteiger partial charge in [-0.05, 0) is 12.5 Å². The van der Waals surface area contributed by atoms with Crippen molar-refractivity contribution in [1.29, 1.82) is 0 Å². The lowest BCUT2D eigenvalue weighted by Crippen LogP contribution is -2.37. The smallest absolute Gasteiger partial charge is 0.410 e. The molecule has 1 fully saturated rings. The molecule has 2 rings (SSSR count). The molecule has 1 aliphatic heterocycles. The van der Waals surface area contributed by atoms with Crippen molar-refractivity contribution >= 4 is 12.1 Å². The maximum absolute atomic E-state index is 13.8. The van der Waals surface area contributed by atoms with E-state index in [1.165, 1.54) is 6.92 Å². The SMILES string of the molecule is CC1(C(=O)O)CN(C(=O)OCc2ccccc2)CC1F. The average molecular weight is 281 g/mol. The number of likely N-dealkylation sites (tertiary alicyclic amines) is 1. The van der Waals surface area contributed by atoms with E-state index in [0.29, 0.717) is 0 Å². The molecule has 1 saturated heterocycles. The van der Waals surface area contributed by atoms with E-state index in [4.69, 9.17) is 9.84 Å². The maximum atomic E-state index is 13.8. The lowest BCUT2D eigenvalue weighted by molar-refractivity contribution is -0.149. The molecule has 5 nitrogen and oxygen atoms in total. The minimum atomic E-state index is -1.59. The van der Waals surface area contributed by atoms with Crippen LogP contribution in [0.3, 0.4) is 0 Å². The van der Waals surface area contributed by atoms with Crippen molar-refractivity contribution in [1.82, 2.24) is 4.90 Å². The number of hydrogen-bond acceptors (Lipinski definition) is 3. The highest BCUT2D eigenvalue weighted by atomic mass is 19.1. The Hall–Kier alpha value is -2.11. The molecule has 2 atom stereocenters. The summed E-state index contributed by atoms with van der Waals surface area (Å²) in [6, 6.07) is 9.08. The molecule has 0 aliphatic carbocycles. The van der Waals surface area contributed by atoms with Crippen LogP contribution in [0, 0.1) is 5.41 Å². The van der Waals surface area contributed by atoms with Crippen LogP contribution < -0.4 is 0 Å². The molecule has 0 saturated carbocycles. The molecule has 1 N–H and O–H groups in total. The lowest BCUT2D eigenvalue weighted by atomic mass is 9.88. The minimum Gasteiger partial charge on any atom is -0.481 e. The van der Waals surface area contributed by atoms with Crippen LogP contribution >= 0.6 is 0 Å². The van der Waals surface area contributed by atoms with E-state index in [1.807, 2.05) is 18.2 Å². The zero-order valence-electron chi connectivity index (χ0n) is 11.1. The summed E-state index contributed by atoms with van der Waals surface area (Å²) in [7, 11) is 0. The van der Waals surface area contributed by atoms with Crippen LogP contribution in [0.2, 0.25) is 0 Å². The van der Waals surface area contributed by atoms with Crippen molar-refractivity contribution in [3.8, 4) is 0 Å². The fraction of sp³-hybridized carbons (Fsp3) is 0.429. The Bertz CT molecular complexity index is 507. The summed E-state index contributed by atoms with van der Waals surface area (Å²) >= 11 is 0. The van der Waals surface area contributed by atoms with Gasteiger partial charge in [-0.2, -0.15) is 0 Å². The zero-order chi connectivity index (χ0) is 14.8. The molecule has 6 heteroatoms. The van der Waals surface area contributed by atoms with Gasteiger partial charge in [0.25, 0.3) is 0 Å². The monoisotopic (exact) mass is 281 g/mol. The molecule has 2 unspecified atom stereocenters. The molecular weight excluding hydrogens is 265 g/mol. The van der Waals surface area contributed by atoms with Gasteiger partial charge < -0.3 is 14.7 Å². The van der Waals surface area contributed by atoms with Crippen LogP contribution in [0.25, 0.3) is 0 Å². The second kappa shape index (κ2) is 5.48. The quantitative estimate of drug-likeness (QED) is 0.921. The number of carbonyl (C=O) groups is 2. The highest BCUT2D eigenvalue weighted by Gasteiger charge is 2.51. The molecule has 1 aromatic carbocycles. The number of carboxylic acid groups (broad SMARTS) is 1. The zero-order valence-corrected chi connectivity index (χ0v) is 11.1. The van der Waals surface area contributed by atoms with Crippen LogP contribution in [-0.4, -0.2) is 41.3 Å². The molecule has 1 heterocycles. The molecule has 1 aliphatic rings. The first-order valence-corrected chi connectivity index (χ1v) is 6.26. The molecule has 20 heavy (non-hydrogen) atoms. The molecular formula is C14H16FNO4. The molecule has 108 valence electrons. The minimum absolute atomic E-state index is 0.0803. The van der Waals surface area contributed by atoms with E-state index in [1.54, 1.807) is 12.1 Å². The van der Waals surface area contributed by atoms with E-state index in [9.17, 15) is 14.0 Å². The lowest BCUT2D eigenvalue weighted by Gasteiger charge is -2.20. The topological polar surface area (TPSA) is 66.8 Å². The Morgan fingerprint density at radius 3 is 2.65 bits per heavy atom. The second-order valence-electron chi connectivity index (χ2n) is 5.11. The Kier molecular flexibility index (Phi) is 3.92. The molecule has 0 spiro atoms. The highest BCUT2D eigenvalue weighted by molar-refractivity contribution is 5.78. The van der Waals surface area contributed by atoms with E-state index in [2.05, 4.69) is 0 Å². The predicted molar refractivity (Wildman–Crippen MR) is 68.8 cm³/mol. The number of rotatable bonds is 3. The molecule has 0 radical (unpaired) electrons. The summed E-state index contributed by atoms with van der Waals surface area (Å²) in [6.07, 6.45) is -2.29. The van der Waals surface area contributed by atoms with Crippen LogP contribution in [0.1, 0.15) is 12.5 Å². The van der Waals surface area contributed by atoms with Crippen molar-refractivity contribution in [2.75, 3.05) is 13.1 Å². The Morgan fingerprint density at radius 2 is 2.10 bits per heavy atom. The molecule has 1 aromatic rings. The number of carboxylic acids is 1. The first-order chi connectivity index (χ1) is 9.43. The number of halogens is 1. The van der Waals surface area contributed by atoms with Gasteiger partial charge in [-0.25, -0.2) is 9.18 Å². The summed E-state index contributed by atoms with van der Waals surface area (Å²) < 4.78 is 18.8. The first-order valence-electron chi connectivity index (χ1n) is 6.26. The standard InChI is InChI=1S/C14H16FNO4/c1-14(12(17)18)9-16(7-11(14)15)13(19)20-8-10-5-3-2-4-6-10/h2-6,11H,7-9H2,1H3,(H,17,18). The van der Waals surface area contributed by atoms with E-state index < -0.39 is 23.6 Å². The van der Waals surface area contributed by atoms with Crippen molar-refractivity contribution < 1.29 is 23.8 Å². The number of ether oxygens (including phenoxy) is 1. The Morgan fingerprint density at radius 1 is 1.45 bits per heavy atom. The van der Waals surface area contributed by atoms with Gasteiger partial charge in [0.15, 0.2) is 0 Å². The van der Waals surface area contributed by atoms with Crippen LogP contribution in [0.15, 0.2) is 30.3 Å². The summed E-state index contributed by atoms with van der Waals surface area (Å²) in [6.45, 7) is 0.939. The van der Waals surface area contributed by atoms with Gasteiger partial charge in [0.2, 0.25) is 0 Å². The average Bonchev–Trinajstić information content (AvgIpc) is 2.75. The number of amides is 1. The number of benzene rings is 1. The van der Waals surface area contributed by atoms with Gasteiger partial charge in [0, 0.05) is 6.54 Å². The third-order valence-corrected chi connectivity index (χ3v) is 3.54. The second-order valence-corrected chi connectivity index (χ2v) is 5.11. The van der Waals surface area contributed by atoms with Crippen molar-refractivity contribution in [3.05, 3.63) is 35.9 Å². The third-order valence-electron chi connectivity index (χ3n) is 3.54. The van der Waals surface area contributed by atoms with E-state index in [-0.39, 0.29) is 19.7 Å². The largest absolute Gasteiger partial charge is 0.481 e. The summed E-state index contributed by atoms with van der Waals surface area (Å²) in [4.78, 5) is 24.0.